The van der Waals surface area contributed by atoms with E-state index in [4.69, 9.17) is 13.0 Å². The van der Waals surface area contributed by atoms with Crippen molar-refractivity contribution in [3.8, 4) is 0 Å². The van der Waals surface area contributed by atoms with Crippen molar-refractivity contribution in [3.63, 3.8) is 0 Å². The number of rotatable bonds is 2. The molecule has 3 nitrogen and oxygen atoms in total. The zero-order chi connectivity index (χ0) is 25.4. The Labute approximate surface area is 183 Å². The highest BCUT2D eigenvalue weighted by molar-refractivity contribution is 5.72. The molecule has 6 atom stereocenters. The topological polar surface area (TPSA) is 39.2 Å². The first-order chi connectivity index (χ1) is 16.4. The molecule has 2 fully saturated rings. The molecule has 3 unspecified atom stereocenters. The smallest absolute Gasteiger partial charge is 0.302 e. The van der Waals surface area contributed by atoms with E-state index >= 15 is 0 Å². The highest BCUT2D eigenvalue weighted by Gasteiger charge is 2.56. The number of allylic oxidation sites excluding steroid dienone is 3. The Morgan fingerprint density at radius 2 is 2.00 bits per heavy atom. The Kier molecular flexibility index (Phi) is 3.15. The van der Waals surface area contributed by atoms with Gasteiger partial charge in [0.25, 0.3) is 0 Å². The van der Waals surface area contributed by atoms with Gasteiger partial charge in [0.05, 0.1) is 8.22 Å². The normalized spacial score (nSPS) is 44.4. The van der Waals surface area contributed by atoms with Crippen LogP contribution in [0.4, 0.5) is 0 Å². The van der Waals surface area contributed by atoms with Crippen molar-refractivity contribution in [1.82, 2.24) is 4.98 Å². The molecule has 0 aliphatic heterocycles. The van der Waals surface area contributed by atoms with Gasteiger partial charge in [-0.15, -0.1) is 0 Å². The molecule has 2 saturated carbocycles. The average molecular weight is 398 g/mol. The van der Waals surface area contributed by atoms with Crippen LogP contribution in [0.5, 0.6) is 0 Å². The minimum atomic E-state index is -0.426. The van der Waals surface area contributed by atoms with Gasteiger partial charge in [-0.05, 0) is 84.3 Å². The summed E-state index contributed by atoms with van der Waals surface area (Å²) in [5.41, 5.74) is 1.48. The van der Waals surface area contributed by atoms with E-state index in [2.05, 4.69) is 18.8 Å². The van der Waals surface area contributed by atoms with Crippen LogP contribution in [0.2, 0.25) is 0 Å². The fourth-order valence-corrected chi connectivity index (χ4v) is 6.94. The van der Waals surface area contributed by atoms with Gasteiger partial charge < -0.3 is 4.74 Å². The van der Waals surface area contributed by atoms with Gasteiger partial charge in [-0.3, -0.25) is 9.78 Å². The number of hydrogen-bond donors (Lipinski definition) is 0. The molecule has 1 aromatic heterocycles. The van der Waals surface area contributed by atoms with Gasteiger partial charge >= 0.3 is 5.97 Å². The summed E-state index contributed by atoms with van der Waals surface area (Å²) in [6.45, 7) is 5.84. The zero-order valence-electron chi connectivity index (χ0n) is 23.5. The van der Waals surface area contributed by atoms with E-state index in [-0.39, 0.29) is 59.3 Å². The SMILES string of the molecule is [2H]C1=C2C[C@@H](OC(C)=O)CC[C@]2(C)C2CC[C@]3(C)C(c4c([2H])nc([2H])c([2H])c4[2H])=C([2H])CC3C2C1. The summed E-state index contributed by atoms with van der Waals surface area (Å²) in [5, 5.41) is 0. The molecule has 4 aliphatic carbocycles. The van der Waals surface area contributed by atoms with Crippen LogP contribution in [0.1, 0.15) is 79.5 Å². The number of hydrogen-bond acceptors (Lipinski definition) is 3. The second-order valence-corrected chi connectivity index (χ2v) is 9.80. The average Bonchev–Trinajstić information content (AvgIpc) is 3.04. The molecule has 1 aromatic rings. The molecular weight excluding hydrogens is 358 g/mol. The van der Waals surface area contributed by atoms with Gasteiger partial charge in [-0.25, -0.2) is 0 Å². The van der Waals surface area contributed by atoms with E-state index in [1.807, 2.05) is 0 Å². The lowest BCUT2D eigenvalue weighted by Crippen LogP contribution is -2.50. The Morgan fingerprint density at radius 3 is 2.83 bits per heavy atom. The summed E-state index contributed by atoms with van der Waals surface area (Å²) in [4.78, 5) is 15.4. The van der Waals surface area contributed by atoms with Gasteiger partial charge in [0.1, 0.15) is 6.10 Å². The number of esters is 1. The lowest BCUT2D eigenvalue weighted by molar-refractivity contribution is -0.148. The van der Waals surface area contributed by atoms with E-state index in [1.165, 1.54) is 6.92 Å². The summed E-state index contributed by atoms with van der Waals surface area (Å²) in [6, 6.07) is 0.573. The van der Waals surface area contributed by atoms with Crippen LogP contribution in [-0.2, 0) is 9.53 Å². The molecule has 0 N–H and O–H groups in total. The molecule has 0 bridgehead atoms. The van der Waals surface area contributed by atoms with Crippen LogP contribution in [0.25, 0.3) is 5.57 Å². The van der Waals surface area contributed by atoms with Crippen molar-refractivity contribution >= 4 is 11.5 Å². The van der Waals surface area contributed by atoms with Crippen molar-refractivity contribution < 1.29 is 17.8 Å². The van der Waals surface area contributed by atoms with Crippen LogP contribution in [0, 0.1) is 28.6 Å². The highest BCUT2D eigenvalue weighted by Crippen LogP contribution is 2.66. The molecule has 3 heteroatoms. The maximum atomic E-state index is 11.5. The molecule has 5 rings (SSSR count). The summed E-state index contributed by atoms with van der Waals surface area (Å²) in [6.07, 6.45) is 4.51. The first-order valence-electron chi connectivity index (χ1n) is 13.9. The van der Waals surface area contributed by atoms with Gasteiger partial charge in [0.2, 0.25) is 0 Å². The number of aromatic nitrogens is 1. The highest BCUT2D eigenvalue weighted by atomic mass is 16.5. The minimum Gasteiger partial charge on any atom is -0.462 e. The molecule has 29 heavy (non-hydrogen) atoms. The third-order valence-electron chi connectivity index (χ3n) is 8.42. The number of carbonyl (C=O) groups excluding carboxylic acids is 1. The third-order valence-corrected chi connectivity index (χ3v) is 8.42. The molecule has 0 amide bonds. The van der Waals surface area contributed by atoms with Crippen molar-refractivity contribution in [2.75, 3.05) is 0 Å². The predicted octanol–water partition coefficient (Wildman–Crippen LogP) is 5.97. The number of fused-ring (bicyclic) bond motifs is 5. The van der Waals surface area contributed by atoms with Crippen LogP contribution >= 0.6 is 0 Å². The van der Waals surface area contributed by atoms with Crippen molar-refractivity contribution in [3.05, 3.63) is 47.7 Å². The Morgan fingerprint density at radius 1 is 1.17 bits per heavy atom. The molecule has 154 valence electrons. The number of ether oxygens (including phenoxy) is 1. The number of carbonyl (C=O) groups is 1. The number of nitrogens with zero attached hydrogens (tertiary/aromatic N) is 1. The van der Waals surface area contributed by atoms with E-state index in [1.54, 1.807) is 0 Å². The number of pyridine rings is 1. The second kappa shape index (κ2) is 6.82. The van der Waals surface area contributed by atoms with E-state index in [9.17, 15) is 4.79 Å². The Bertz CT molecular complexity index is 1180. The molecular formula is C26H33NO2. The van der Waals surface area contributed by atoms with Crippen molar-refractivity contribution in [2.45, 2.75) is 71.8 Å². The maximum absolute atomic E-state index is 11.5. The van der Waals surface area contributed by atoms with Crippen molar-refractivity contribution in [2.24, 2.45) is 28.6 Å². The third kappa shape index (κ3) is 2.92. The quantitative estimate of drug-likeness (QED) is 0.456. The molecule has 0 spiro atoms. The maximum Gasteiger partial charge on any atom is 0.302 e. The zero-order valence-corrected chi connectivity index (χ0v) is 17.5. The largest absolute Gasteiger partial charge is 0.462 e. The second-order valence-electron chi connectivity index (χ2n) is 9.80. The van der Waals surface area contributed by atoms with E-state index in [0.717, 1.165) is 31.3 Å². The minimum absolute atomic E-state index is 0.118. The molecule has 0 aromatic carbocycles. The molecule has 0 saturated heterocycles. The molecule has 0 radical (unpaired) electrons. The standard InChI is InChI=1S/C26H33NO2/c1-17(28)29-20-10-12-25(2)19(15-20)6-7-21-23-9-8-22(18-5-4-14-27-16-18)26(23,3)13-11-24(21)25/h4-6,8,14,16,20-21,23-24H,7,9-13,15H2,1-3H3/t20-,21?,23?,24?,25-,26+/m0/s1/i4D,5D,6D,8D,14D,16D. The van der Waals surface area contributed by atoms with Crippen LogP contribution in [0.15, 0.2) is 42.1 Å². The lowest BCUT2D eigenvalue weighted by Gasteiger charge is -2.57. The van der Waals surface area contributed by atoms with Gasteiger partial charge in [0.15, 0.2) is 0 Å². The summed E-state index contributed by atoms with van der Waals surface area (Å²) >= 11 is 0. The van der Waals surface area contributed by atoms with Crippen molar-refractivity contribution in [1.29, 1.82) is 0 Å². The van der Waals surface area contributed by atoms with Crippen LogP contribution in [0.3, 0.4) is 0 Å². The summed E-state index contributed by atoms with van der Waals surface area (Å²) in [5.74, 6) is 0.450. The lowest BCUT2D eigenvalue weighted by atomic mass is 9.47. The Hall–Kier alpha value is -1.90. The van der Waals surface area contributed by atoms with Crippen LogP contribution in [-0.4, -0.2) is 17.1 Å². The fraction of sp³-hybridized carbons (Fsp3) is 0.615. The first kappa shape index (κ1) is 13.4. The predicted molar refractivity (Wildman–Crippen MR) is 115 cm³/mol. The molecule has 4 aliphatic rings. The van der Waals surface area contributed by atoms with Crippen LogP contribution < -0.4 is 0 Å². The van der Waals surface area contributed by atoms with Gasteiger partial charge in [-0.2, -0.15) is 0 Å². The summed E-state index contributed by atoms with van der Waals surface area (Å²) in [7, 11) is 0. The fourth-order valence-electron chi connectivity index (χ4n) is 6.94. The molecule has 1 heterocycles. The van der Waals surface area contributed by atoms with E-state index < -0.39 is 5.41 Å². The van der Waals surface area contributed by atoms with E-state index in [0.29, 0.717) is 42.9 Å². The first-order valence-corrected chi connectivity index (χ1v) is 10.9. The van der Waals surface area contributed by atoms with Gasteiger partial charge in [0, 0.05) is 25.7 Å². The van der Waals surface area contributed by atoms with Gasteiger partial charge in [-0.1, -0.05) is 37.6 Å². The monoisotopic (exact) mass is 397 g/mol. The summed E-state index contributed by atoms with van der Waals surface area (Å²) < 4.78 is 56.2. The Balaban J connectivity index is 1.52.